The summed E-state index contributed by atoms with van der Waals surface area (Å²) in [6, 6.07) is 0. The van der Waals surface area contributed by atoms with E-state index in [9.17, 15) is 0 Å². The molecule has 0 saturated carbocycles. The van der Waals surface area contributed by atoms with Gasteiger partial charge in [-0.25, -0.2) is 0 Å². The summed E-state index contributed by atoms with van der Waals surface area (Å²) in [7, 11) is 0. The van der Waals surface area contributed by atoms with Crippen molar-refractivity contribution in [2.75, 3.05) is 13.2 Å². The van der Waals surface area contributed by atoms with Crippen molar-refractivity contribution < 1.29 is 9.47 Å². The molecule has 0 aromatic rings. The van der Waals surface area contributed by atoms with Crippen molar-refractivity contribution in [3.63, 3.8) is 0 Å². The van der Waals surface area contributed by atoms with Crippen molar-refractivity contribution in [1.29, 1.82) is 0 Å². The third kappa shape index (κ3) is 3.62. The van der Waals surface area contributed by atoms with Crippen molar-refractivity contribution in [2.45, 2.75) is 40.4 Å². The van der Waals surface area contributed by atoms with Crippen molar-refractivity contribution in [2.24, 2.45) is 17.8 Å². The molecule has 0 saturated heterocycles. The molecule has 2 heteroatoms. The van der Waals surface area contributed by atoms with E-state index in [1.165, 1.54) is 6.42 Å². The van der Waals surface area contributed by atoms with E-state index < -0.39 is 0 Å². The molecule has 0 fully saturated rings. The predicted octanol–water partition coefficient (Wildman–Crippen LogP) is 3.23. The second-order valence-corrected chi connectivity index (χ2v) is 4.43. The molecular formula is C13H24O2. The normalized spacial score (nSPS) is 31.1. The maximum atomic E-state index is 5.65. The predicted molar refractivity (Wildman–Crippen MR) is 62.6 cm³/mol. The topological polar surface area (TPSA) is 18.5 Å². The molecule has 3 atom stereocenters. The van der Waals surface area contributed by atoms with Gasteiger partial charge in [0.05, 0.1) is 0 Å². The zero-order valence-electron chi connectivity index (χ0n) is 10.4. The highest BCUT2D eigenvalue weighted by Gasteiger charge is 2.29. The number of ether oxygens (including phenoxy) is 2. The van der Waals surface area contributed by atoms with Gasteiger partial charge in [0, 0.05) is 19.1 Å². The molecular weight excluding hydrogens is 188 g/mol. The highest BCUT2D eigenvalue weighted by atomic mass is 16.7. The molecule has 0 heterocycles. The summed E-state index contributed by atoms with van der Waals surface area (Å²) in [6.07, 6.45) is 5.74. The molecule has 0 bridgehead atoms. The Kier molecular flexibility index (Phi) is 5.34. The van der Waals surface area contributed by atoms with Gasteiger partial charge in [0.2, 0.25) is 0 Å². The van der Waals surface area contributed by atoms with Gasteiger partial charge in [-0.15, -0.1) is 0 Å². The van der Waals surface area contributed by atoms with E-state index in [0.29, 0.717) is 17.8 Å². The Balaban J connectivity index is 2.61. The largest absolute Gasteiger partial charge is 0.352 e. The second-order valence-electron chi connectivity index (χ2n) is 4.43. The second kappa shape index (κ2) is 6.29. The quantitative estimate of drug-likeness (QED) is 0.514. The van der Waals surface area contributed by atoms with E-state index in [4.69, 9.17) is 9.47 Å². The number of hydrogen-bond acceptors (Lipinski definition) is 2. The standard InChI is InChI=1S/C13H24O2/c1-5-14-13(15-6-2)12-8-7-10(3)9-11(12)4/h7-8,10-13H,5-6,9H2,1-4H3. The molecule has 3 unspecified atom stereocenters. The van der Waals surface area contributed by atoms with E-state index >= 15 is 0 Å². The van der Waals surface area contributed by atoms with Crippen LogP contribution in [0, 0.1) is 17.8 Å². The Morgan fingerprint density at radius 3 is 2.20 bits per heavy atom. The Morgan fingerprint density at radius 2 is 1.73 bits per heavy atom. The fraction of sp³-hybridized carbons (Fsp3) is 0.846. The van der Waals surface area contributed by atoms with Crippen molar-refractivity contribution in [1.82, 2.24) is 0 Å². The fourth-order valence-electron chi connectivity index (χ4n) is 2.29. The summed E-state index contributed by atoms with van der Waals surface area (Å²) in [5, 5.41) is 0. The van der Waals surface area contributed by atoms with E-state index in [2.05, 4.69) is 26.0 Å². The minimum atomic E-state index is -0.0567. The molecule has 0 spiro atoms. The summed E-state index contributed by atoms with van der Waals surface area (Å²) in [6.45, 7) is 10.0. The van der Waals surface area contributed by atoms with Crippen molar-refractivity contribution >= 4 is 0 Å². The van der Waals surface area contributed by atoms with Gasteiger partial charge in [-0.05, 0) is 32.1 Å². The van der Waals surface area contributed by atoms with Gasteiger partial charge in [0.25, 0.3) is 0 Å². The lowest BCUT2D eigenvalue weighted by Crippen LogP contribution is -2.33. The van der Waals surface area contributed by atoms with Crippen LogP contribution < -0.4 is 0 Å². The Hall–Kier alpha value is -0.340. The number of hydrogen-bond donors (Lipinski definition) is 0. The minimum absolute atomic E-state index is 0.0567. The van der Waals surface area contributed by atoms with Gasteiger partial charge in [-0.3, -0.25) is 0 Å². The lowest BCUT2D eigenvalue weighted by molar-refractivity contribution is -0.167. The van der Waals surface area contributed by atoms with Crippen molar-refractivity contribution in [3.05, 3.63) is 12.2 Å². The highest BCUT2D eigenvalue weighted by molar-refractivity contribution is 5.00. The molecule has 88 valence electrons. The lowest BCUT2D eigenvalue weighted by atomic mass is 9.80. The first-order chi connectivity index (χ1) is 7.19. The lowest BCUT2D eigenvalue weighted by Gasteiger charge is -2.33. The maximum Gasteiger partial charge on any atom is 0.163 e. The summed E-state index contributed by atoms with van der Waals surface area (Å²) in [5.41, 5.74) is 0. The van der Waals surface area contributed by atoms with Gasteiger partial charge in [0.1, 0.15) is 0 Å². The van der Waals surface area contributed by atoms with Crippen LogP contribution in [0.1, 0.15) is 34.1 Å². The van der Waals surface area contributed by atoms with Crippen LogP contribution in [0.2, 0.25) is 0 Å². The van der Waals surface area contributed by atoms with Gasteiger partial charge in [-0.2, -0.15) is 0 Å². The zero-order chi connectivity index (χ0) is 11.3. The Bertz CT molecular complexity index is 195. The molecule has 1 aliphatic carbocycles. The average Bonchev–Trinajstić information content (AvgIpc) is 2.17. The summed E-state index contributed by atoms with van der Waals surface area (Å²) < 4.78 is 11.3. The van der Waals surface area contributed by atoms with Crippen molar-refractivity contribution in [3.8, 4) is 0 Å². The number of rotatable bonds is 5. The summed E-state index contributed by atoms with van der Waals surface area (Å²) in [4.78, 5) is 0. The first-order valence-electron chi connectivity index (χ1n) is 6.10. The van der Waals surface area contributed by atoms with Crippen LogP contribution >= 0.6 is 0 Å². The monoisotopic (exact) mass is 212 g/mol. The number of allylic oxidation sites excluding steroid dienone is 1. The van der Waals surface area contributed by atoms with Crippen LogP contribution in [0.15, 0.2) is 12.2 Å². The molecule has 0 aromatic heterocycles. The summed E-state index contributed by atoms with van der Waals surface area (Å²) in [5.74, 6) is 1.76. The molecule has 0 N–H and O–H groups in total. The molecule has 1 rings (SSSR count). The van der Waals surface area contributed by atoms with Crippen LogP contribution in [0.4, 0.5) is 0 Å². The molecule has 1 aliphatic rings. The minimum Gasteiger partial charge on any atom is -0.352 e. The molecule has 0 radical (unpaired) electrons. The SMILES string of the molecule is CCOC(OCC)C1C=CC(C)CC1C. The molecule has 0 aliphatic heterocycles. The highest BCUT2D eigenvalue weighted by Crippen LogP contribution is 2.31. The van der Waals surface area contributed by atoms with Gasteiger partial charge in [-0.1, -0.05) is 26.0 Å². The third-order valence-electron chi connectivity index (χ3n) is 3.04. The van der Waals surface area contributed by atoms with E-state index in [1.807, 2.05) is 13.8 Å². The van der Waals surface area contributed by atoms with Gasteiger partial charge < -0.3 is 9.47 Å². The van der Waals surface area contributed by atoms with Crippen LogP contribution in [0.5, 0.6) is 0 Å². The third-order valence-corrected chi connectivity index (χ3v) is 3.04. The van der Waals surface area contributed by atoms with Gasteiger partial charge in [0.15, 0.2) is 6.29 Å². The van der Waals surface area contributed by atoms with E-state index in [-0.39, 0.29) is 6.29 Å². The Morgan fingerprint density at radius 1 is 1.13 bits per heavy atom. The van der Waals surface area contributed by atoms with E-state index in [0.717, 1.165) is 13.2 Å². The van der Waals surface area contributed by atoms with Crippen LogP contribution in [-0.4, -0.2) is 19.5 Å². The van der Waals surface area contributed by atoms with Crippen LogP contribution in [0.3, 0.4) is 0 Å². The molecule has 0 aromatic carbocycles. The smallest absolute Gasteiger partial charge is 0.163 e. The molecule has 0 amide bonds. The zero-order valence-corrected chi connectivity index (χ0v) is 10.4. The first-order valence-corrected chi connectivity index (χ1v) is 6.10. The first kappa shape index (κ1) is 12.7. The summed E-state index contributed by atoms with van der Waals surface area (Å²) >= 11 is 0. The maximum absolute atomic E-state index is 5.65. The fourth-order valence-corrected chi connectivity index (χ4v) is 2.29. The molecule has 2 nitrogen and oxygen atoms in total. The van der Waals surface area contributed by atoms with Crippen LogP contribution in [0.25, 0.3) is 0 Å². The molecule has 15 heavy (non-hydrogen) atoms. The van der Waals surface area contributed by atoms with Crippen LogP contribution in [-0.2, 0) is 9.47 Å². The Labute approximate surface area is 93.7 Å². The van der Waals surface area contributed by atoms with Gasteiger partial charge >= 0.3 is 0 Å². The van der Waals surface area contributed by atoms with E-state index in [1.54, 1.807) is 0 Å². The average molecular weight is 212 g/mol.